The fourth-order valence-electron chi connectivity index (χ4n) is 4.23. The maximum atomic E-state index is 12.1. The van der Waals surface area contributed by atoms with Gasteiger partial charge in [-0.05, 0) is 36.8 Å². The smallest absolute Gasteiger partial charge is 0.320 e. The quantitative estimate of drug-likeness (QED) is 0.167. The second-order valence-corrected chi connectivity index (χ2v) is 10.5. The summed E-state index contributed by atoms with van der Waals surface area (Å²) in [7, 11) is -1.78. The number of imidazole rings is 1. The predicted molar refractivity (Wildman–Crippen MR) is 144 cm³/mol. The Morgan fingerprint density at radius 1 is 1.31 bits per heavy atom. The van der Waals surface area contributed by atoms with E-state index in [1.807, 2.05) is 42.5 Å². The number of rotatable bonds is 10. The molecule has 4 unspecified atom stereocenters. The van der Waals surface area contributed by atoms with Gasteiger partial charge < -0.3 is 29.4 Å². The zero-order valence-corrected chi connectivity index (χ0v) is 22.2. The first-order chi connectivity index (χ1) is 18.8. The van der Waals surface area contributed by atoms with Crippen molar-refractivity contribution in [2.24, 2.45) is 0 Å². The summed E-state index contributed by atoms with van der Waals surface area (Å²) >= 11 is 0. The highest BCUT2D eigenvalue weighted by atomic mass is 31.2. The van der Waals surface area contributed by atoms with Gasteiger partial charge in [0, 0.05) is 6.42 Å². The van der Waals surface area contributed by atoms with Crippen LogP contribution in [0.1, 0.15) is 26.5 Å². The van der Waals surface area contributed by atoms with E-state index in [4.69, 9.17) is 24.3 Å². The number of carbonyl (C=O) groups is 1. The van der Waals surface area contributed by atoms with E-state index in [2.05, 4.69) is 20.0 Å². The molecule has 14 heteroatoms. The van der Waals surface area contributed by atoms with E-state index in [-0.39, 0.29) is 42.8 Å². The van der Waals surface area contributed by atoms with Crippen LogP contribution in [0.25, 0.3) is 21.9 Å². The van der Waals surface area contributed by atoms with Gasteiger partial charge >= 0.3 is 14.5 Å². The zero-order chi connectivity index (χ0) is 27.5. The molecule has 206 valence electrons. The molecule has 4 aromatic rings. The minimum absolute atomic E-state index is 0.0574. The molecular formula is C25H29N6O7P. The number of benzene rings is 2. The van der Waals surface area contributed by atoms with E-state index in [0.717, 1.165) is 10.8 Å². The summed E-state index contributed by atoms with van der Waals surface area (Å²) in [6, 6.07) is 13.5. The molecule has 1 fully saturated rings. The third-order valence-electron chi connectivity index (χ3n) is 5.90. The molecule has 0 aliphatic carbocycles. The van der Waals surface area contributed by atoms with Gasteiger partial charge in [-0.15, -0.1) is 0 Å². The van der Waals surface area contributed by atoms with E-state index >= 15 is 0 Å². The Kier molecular flexibility index (Phi) is 8.05. The topological polar surface area (TPSA) is 176 Å². The summed E-state index contributed by atoms with van der Waals surface area (Å²) in [5, 5.41) is 15.8. The maximum Gasteiger partial charge on any atom is 0.320 e. The molecule has 0 bridgehead atoms. The molecule has 39 heavy (non-hydrogen) atoms. The lowest BCUT2D eigenvalue weighted by atomic mass is 10.1. The van der Waals surface area contributed by atoms with Crippen molar-refractivity contribution in [2.45, 2.75) is 44.8 Å². The number of anilines is 1. The number of fused-ring (bicyclic) bond motifs is 2. The third kappa shape index (κ3) is 6.35. The molecule has 2 aromatic heterocycles. The number of hydrogen-bond acceptors (Lipinski definition) is 11. The van der Waals surface area contributed by atoms with E-state index in [1.54, 1.807) is 13.8 Å². The van der Waals surface area contributed by atoms with Crippen LogP contribution < -0.4 is 20.9 Å². The van der Waals surface area contributed by atoms with Crippen molar-refractivity contribution in [1.29, 1.82) is 0 Å². The molecule has 1 aliphatic heterocycles. The van der Waals surface area contributed by atoms with Crippen molar-refractivity contribution in [2.75, 3.05) is 18.9 Å². The number of H-pyrrole nitrogens is 1. The van der Waals surface area contributed by atoms with E-state index in [9.17, 15) is 14.7 Å². The standard InChI is InChI=1S/C25H29N6O7P/c1-14(2)36-20(33)11-28-39(38-17-8-7-15-5-3-4-6-16(15)9-17)35-12-18-10-19(32)24(37-18)31-13-27-21-22(31)29-25(26)30-23(21)34/h3-9,13-14,18-19,24,28,32H,10-12H2,1-2H3,(H3,26,29,30,34). The van der Waals surface area contributed by atoms with Crippen molar-refractivity contribution < 1.29 is 28.4 Å². The Morgan fingerprint density at radius 3 is 2.90 bits per heavy atom. The van der Waals surface area contributed by atoms with Crippen LogP contribution in [-0.2, 0) is 18.8 Å². The SMILES string of the molecule is CC(C)OC(=O)CNP(OCC1CC(O)C(n2cnc3c(=O)[nH]c(N)nc32)O1)Oc1ccc2ccccc2c1. The maximum absolute atomic E-state index is 12.1. The zero-order valence-electron chi connectivity index (χ0n) is 21.3. The average molecular weight is 557 g/mol. The van der Waals surface area contributed by atoms with Crippen LogP contribution >= 0.6 is 8.53 Å². The van der Waals surface area contributed by atoms with Crippen LogP contribution in [0.2, 0.25) is 0 Å². The molecule has 0 amide bonds. The highest BCUT2D eigenvalue weighted by molar-refractivity contribution is 7.45. The van der Waals surface area contributed by atoms with Gasteiger partial charge in [0.2, 0.25) is 5.95 Å². The number of ether oxygens (including phenoxy) is 2. The molecule has 5 N–H and O–H groups in total. The van der Waals surface area contributed by atoms with Crippen LogP contribution in [0.15, 0.2) is 53.6 Å². The fourth-order valence-corrected chi connectivity index (χ4v) is 5.30. The third-order valence-corrected chi connectivity index (χ3v) is 7.07. The van der Waals surface area contributed by atoms with Crippen molar-refractivity contribution in [3.05, 3.63) is 59.1 Å². The van der Waals surface area contributed by atoms with Crippen LogP contribution in [-0.4, -0.2) is 62.1 Å². The molecule has 0 spiro atoms. The number of aromatic nitrogens is 4. The average Bonchev–Trinajstić information content (AvgIpc) is 3.48. The monoisotopic (exact) mass is 556 g/mol. The molecule has 0 radical (unpaired) electrons. The summed E-state index contributed by atoms with van der Waals surface area (Å²) in [4.78, 5) is 34.8. The number of nitrogens with zero attached hydrogens (tertiary/aromatic N) is 3. The summed E-state index contributed by atoms with van der Waals surface area (Å²) in [6.45, 7) is 3.48. The first-order valence-electron chi connectivity index (χ1n) is 12.4. The van der Waals surface area contributed by atoms with Gasteiger partial charge in [-0.1, -0.05) is 30.3 Å². The highest BCUT2D eigenvalue weighted by Gasteiger charge is 2.37. The second kappa shape index (κ2) is 11.6. The number of hydrogen-bond donors (Lipinski definition) is 4. The van der Waals surface area contributed by atoms with Crippen molar-refractivity contribution in [3.8, 4) is 5.75 Å². The number of aromatic amines is 1. The number of aliphatic hydroxyl groups excluding tert-OH is 1. The van der Waals surface area contributed by atoms with Gasteiger partial charge in [-0.25, -0.2) is 10.1 Å². The number of nitrogens with two attached hydrogens (primary N) is 1. The first-order valence-corrected chi connectivity index (χ1v) is 13.5. The van der Waals surface area contributed by atoms with E-state index < -0.39 is 38.5 Å². The van der Waals surface area contributed by atoms with Crippen LogP contribution in [0, 0.1) is 0 Å². The second-order valence-electron chi connectivity index (χ2n) is 9.25. The molecule has 1 aliphatic rings. The lowest BCUT2D eigenvalue weighted by Crippen LogP contribution is -2.26. The highest BCUT2D eigenvalue weighted by Crippen LogP contribution is 2.39. The molecule has 3 heterocycles. The fraction of sp³-hybridized carbons (Fsp3) is 0.360. The van der Waals surface area contributed by atoms with Crippen LogP contribution in [0.5, 0.6) is 5.75 Å². The van der Waals surface area contributed by atoms with Gasteiger partial charge in [0.15, 0.2) is 17.4 Å². The first kappa shape index (κ1) is 27.0. The Balaban J connectivity index is 1.27. The Hall–Kier alpha value is -3.61. The summed E-state index contributed by atoms with van der Waals surface area (Å²) < 4.78 is 24.8. The summed E-state index contributed by atoms with van der Waals surface area (Å²) in [5.41, 5.74) is 5.49. The largest absolute Gasteiger partial charge is 0.462 e. The predicted octanol–water partition coefficient (Wildman–Crippen LogP) is 2.37. The van der Waals surface area contributed by atoms with Crippen LogP contribution in [0.3, 0.4) is 0 Å². The number of esters is 1. The molecule has 5 rings (SSSR count). The van der Waals surface area contributed by atoms with Gasteiger partial charge in [0.1, 0.15) is 18.4 Å². The molecule has 1 saturated heterocycles. The molecular weight excluding hydrogens is 527 g/mol. The van der Waals surface area contributed by atoms with Crippen molar-refractivity contribution in [1.82, 2.24) is 24.6 Å². The Morgan fingerprint density at radius 2 is 2.10 bits per heavy atom. The van der Waals surface area contributed by atoms with Gasteiger partial charge in [0.25, 0.3) is 5.56 Å². The number of nitrogens with one attached hydrogen (secondary N) is 2. The minimum atomic E-state index is -1.78. The van der Waals surface area contributed by atoms with Gasteiger partial charge in [-0.2, -0.15) is 4.98 Å². The number of carbonyl (C=O) groups excluding carboxylic acids is 1. The summed E-state index contributed by atoms with van der Waals surface area (Å²) in [6.07, 6.45) is -0.911. The molecule has 4 atom stereocenters. The van der Waals surface area contributed by atoms with E-state index in [1.165, 1.54) is 10.9 Å². The van der Waals surface area contributed by atoms with Gasteiger partial charge in [0.05, 0.1) is 25.1 Å². The van der Waals surface area contributed by atoms with Gasteiger partial charge in [-0.3, -0.25) is 19.1 Å². The number of aliphatic hydroxyl groups is 1. The molecule has 2 aromatic carbocycles. The summed E-state index contributed by atoms with van der Waals surface area (Å²) in [5.74, 6) is 0.0540. The molecule has 13 nitrogen and oxygen atoms in total. The van der Waals surface area contributed by atoms with E-state index in [0.29, 0.717) is 5.75 Å². The normalized spacial score (nSPS) is 20.1. The lowest BCUT2D eigenvalue weighted by molar-refractivity contribution is -0.145. The Labute approximate surface area is 224 Å². The number of nitrogen functional groups attached to an aromatic ring is 1. The van der Waals surface area contributed by atoms with Crippen molar-refractivity contribution in [3.63, 3.8) is 0 Å². The molecule has 0 saturated carbocycles. The lowest BCUT2D eigenvalue weighted by Gasteiger charge is -2.21. The van der Waals surface area contributed by atoms with Crippen LogP contribution in [0.4, 0.5) is 5.95 Å². The van der Waals surface area contributed by atoms with Crippen molar-refractivity contribution >= 4 is 42.4 Å². The minimum Gasteiger partial charge on any atom is -0.462 e. The Bertz CT molecular complexity index is 1530.